The van der Waals surface area contributed by atoms with Crippen molar-refractivity contribution in [2.24, 2.45) is 20.4 Å². The van der Waals surface area contributed by atoms with Gasteiger partial charge in [-0.2, -0.15) is 20.4 Å². The number of hydrogen-bond acceptors (Lipinski definition) is 14. The molecule has 0 aromatic heterocycles. The van der Waals surface area contributed by atoms with E-state index in [2.05, 4.69) is 20.4 Å². The zero-order valence-electron chi connectivity index (χ0n) is 31.2. The van der Waals surface area contributed by atoms with Crippen LogP contribution in [0.2, 0.25) is 0 Å². The zero-order valence-corrected chi connectivity index (χ0v) is 31.2. The minimum Gasteiger partial charge on any atom is -0.434 e. The number of hydrogen-bond donors (Lipinski definition) is 0. The summed E-state index contributed by atoms with van der Waals surface area (Å²) in [4.78, 5) is 46.5. The summed E-state index contributed by atoms with van der Waals surface area (Å²) in [5.74, 6) is 0.654. The largest absolute Gasteiger partial charge is 0.513 e. The summed E-state index contributed by atoms with van der Waals surface area (Å²) in [7, 11) is 0. The fourth-order valence-electron chi connectivity index (χ4n) is 4.54. The number of esters is 2. The molecular weight excluding hydrogens is 708 g/mol. The Morgan fingerprint density at radius 3 is 0.855 bits per heavy atom. The van der Waals surface area contributed by atoms with E-state index in [0.29, 0.717) is 34.3 Å². The van der Waals surface area contributed by atoms with Crippen LogP contribution in [-0.4, -0.2) is 60.3 Å². The average molecular weight is 749 g/mol. The van der Waals surface area contributed by atoms with Crippen molar-refractivity contribution in [3.05, 3.63) is 119 Å². The molecule has 55 heavy (non-hydrogen) atoms. The van der Waals surface area contributed by atoms with Gasteiger partial charge >= 0.3 is 24.2 Å². The van der Waals surface area contributed by atoms with Gasteiger partial charge < -0.3 is 28.4 Å². The maximum Gasteiger partial charge on any atom is 0.513 e. The lowest BCUT2D eigenvalue weighted by atomic mass is 10.1. The van der Waals surface area contributed by atoms with Crippen LogP contribution in [0.4, 0.5) is 9.59 Å². The van der Waals surface area contributed by atoms with Crippen molar-refractivity contribution in [2.75, 3.05) is 13.2 Å². The van der Waals surface area contributed by atoms with Crippen molar-refractivity contribution in [3.8, 4) is 23.0 Å². The molecule has 0 bridgehead atoms. The molecule has 0 fully saturated rings. The number of rotatable bonds is 14. The number of benzene rings is 4. The molecular formula is C41H40N4O10. The Labute approximate surface area is 318 Å². The molecule has 0 aliphatic heterocycles. The van der Waals surface area contributed by atoms with Gasteiger partial charge in [0.25, 0.3) is 0 Å². The highest BCUT2D eigenvalue weighted by Crippen LogP contribution is 2.18. The van der Waals surface area contributed by atoms with Gasteiger partial charge in [0.2, 0.25) is 0 Å². The van der Waals surface area contributed by atoms with Crippen LogP contribution in [0.15, 0.2) is 117 Å². The van der Waals surface area contributed by atoms with Gasteiger partial charge in [0.05, 0.1) is 36.1 Å². The van der Waals surface area contributed by atoms with Crippen LogP contribution in [-0.2, 0) is 19.1 Å². The summed E-state index contributed by atoms with van der Waals surface area (Å²) in [6, 6.07) is 27.2. The maximum absolute atomic E-state index is 12.1. The first-order valence-electron chi connectivity index (χ1n) is 17.0. The Morgan fingerprint density at radius 2 is 0.618 bits per heavy atom. The number of ether oxygens (including phenoxy) is 6. The van der Waals surface area contributed by atoms with Crippen LogP contribution in [0.1, 0.15) is 70.2 Å². The molecule has 4 rings (SSSR count). The van der Waals surface area contributed by atoms with Crippen LogP contribution < -0.4 is 18.9 Å². The van der Waals surface area contributed by atoms with Crippen LogP contribution in [0, 0.1) is 0 Å². The molecule has 0 heterocycles. The molecule has 0 atom stereocenters. The second kappa shape index (κ2) is 20.3. The van der Waals surface area contributed by atoms with E-state index in [9.17, 15) is 19.2 Å². The molecule has 4 aromatic carbocycles. The quantitative estimate of drug-likeness (QED) is 0.0306. The number of carbonyl (C=O) groups is 4. The second-order valence-electron chi connectivity index (χ2n) is 11.8. The lowest BCUT2D eigenvalue weighted by Gasteiger charge is -2.08. The van der Waals surface area contributed by atoms with E-state index in [4.69, 9.17) is 28.4 Å². The third-order valence-corrected chi connectivity index (χ3v) is 7.44. The van der Waals surface area contributed by atoms with Crippen molar-refractivity contribution < 1.29 is 47.6 Å². The van der Waals surface area contributed by atoms with E-state index in [1.807, 2.05) is 13.8 Å². The van der Waals surface area contributed by atoms with Gasteiger partial charge in [-0.3, -0.25) is 9.59 Å². The first-order valence-corrected chi connectivity index (χ1v) is 17.0. The summed E-state index contributed by atoms with van der Waals surface area (Å²) in [6.07, 6.45) is -1.59. The number of nitrogens with zero attached hydrogens (tertiary/aromatic N) is 4. The van der Waals surface area contributed by atoms with E-state index < -0.39 is 24.2 Å². The van der Waals surface area contributed by atoms with Gasteiger partial charge in [0.1, 0.15) is 23.0 Å². The van der Waals surface area contributed by atoms with Crippen molar-refractivity contribution in [3.63, 3.8) is 0 Å². The van der Waals surface area contributed by atoms with Gasteiger partial charge in [0.15, 0.2) is 0 Å². The van der Waals surface area contributed by atoms with Crippen LogP contribution >= 0.6 is 0 Å². The molecule has 4 aromatic rings. The fraction of sp³-hybridized carbons (Fsp3) is 0.220. The first-order chi connectivity index (χ1) is 26.4. The molecule has 14 nitrogen and oxygen atoms in total. The molecule has 284 valence electrons. The molecule has 0 unspecified atom stereocenters. The first kappa shape index (κ1) is 40.8. The smallest absolute Gasteiger partial charge is 0.434 e. The predicted octanol–water partition coefficient (Wildman–Crippen LogP) is 8.12. The van der Waals surface area contributed by atoms with Crippen molar-refractivity contribution in [2.45, 2.75) is 48.0 Å². The molecule has 0 aliphatic rings. The molecule has 0 N–H and O–H groups in total. The fourth-order valence-corrected chi connectivity index (χ4v) is 4.54. The molecule has 0 aliphatic carbocycles. The van der Waals surface area contributed by atoms with Crippen LogP contribution in [0.5, 0.6) is 23.0 Å². The summed E-state index contributed by atoms with van der Waals surface area (Å²) < 4.78 is 30.7. The predicted molar refractivity (Wildman–Crippen MR) is 206 cm³/mol. The normalized spacial score (nSPS) is 12.0. The third kappa shape index (κ3) is 13.8. The number of carbonyl (C=O) groups excluding carboxylic acids is 4. The van der Waals surface area contributed by atoms with Crippen molar-refractivity contribution in [1.82, 2.24) is 0 Å². The Balaban J connectivity index is 1.14. The van der Waals surface area contributed by atoms with Gasteiger partial charge in [0, 0.05) is 20.3 Å². The lowest BCUT2D eigenvalue weighted by molar-refractivity contribution is -0.132. The van der Waals surface area contributed by atoms with E-state index in [0.717, 1.165) is 22.3 Å². The Hall–Kier alpha value is -6.96. The van der Waals surface area contributed by atoms with Crippen LogP contribution in [0.3, 0.4) is 0 Å². The van der Waals surface area contributed by atoms with Gasteiger partial charge in [-0.1, -0.05) is 0 Å². The second-order valence-corrected chi connectivity index (χ2v) is 11.8. The minimum absolute atomic E-state index is 0.0470. The van der Waals surface area contributed by atoms with Gasteiger partial charge in [-0.15, -0.1) is 0 Å². The molecule has 0 saturated heterocycles. The van der Waals surface area contributed by atoms with Crippen molar-refractivity contribution in [1.29, 1.82) is 0 Å². The van der Waals surface area contributed by atoms with Crippen LogP contribution in [0.25, 0.3) is 0 Å². The van der Waals surface area contributed by atoms with Crippen molar-refractivity contribution >= 4 is 47.1 Å². The molecule has 0 spiro atoms. The highest BCUT2D eigenvalue weighted by molar-refractivity contribution is 6.02. The lowest BCUT2D eigenvalue weighted by Crippen LogP contribution is -2.15. The maximum atomic E-state index is 12.1. The summed E-state index contributed by atoms with van der Waals surface area (Å²) in [6.45, 7) is 9.82. The third-order valence-electron chi connectivity index (χ3n) is 7.44. The van der Waals surface area contributed by atoms with Gasteiger partial charge in [-0.05, 0) is 147 Å². The Morgan fingerprint density at radius 1 is 0.382 bits per heavy atom. The molecule has 0 radical (unpaired) electrons. The Bertz CT molecular complexity index is 1940. The summed E-state index contributed by atoms with van der Waals surface area (Å²) in [5, 5.41) is 17.1. The van der Waals surface area contributed by atoms with E-state index >= 15 is 0 Å². The standard InChI is InChI=1S/C41H40N4O10/c1-26(32-8-16-36(17-9-32)52-30(5)46)42-44-28(3)34-12-20-38(21-13-34)54-40(48)50-24-7-25-51-41(49)55-39-22-14-35(15-23-39)29(4)45-43-27(2)33-10-18-37(19-11-33)53-31(6)47/h8-23H,7,24-25H2,1-6H3/b42-26+,43-27+,44-28+,45-29+. The highest BCUT2D eigenvalue weighted by atomic mass is 16.7. The van der Waals surface area contributed by atoms with E-state index in [-0.39, 0.29) is 31.1 Å². The minimum atomic E-state index is -0.907. The SMILES string of the molecule is CC(=O)Oc1ccc(/C(C)=N/N=C(\C)c2ccc(OC(=O)OCCCOC(=O)Oc3ccc(/C(C)=N/N=C(\C)c4ccc(OC(C)=O)cc4)cc3)cc2)cc1. The topological polar surface area (TPSA) is 173 Å². The highest BCUT2D eigenvalue weighted by Gasteiger charge is 2.10. The molecule has 0 amide bonds. The Kier molecular flexibility index (Phi) is 15.1. The van der Waals surface area contributed by atoms with E-state index in [1.165, 1.54) is 13.8 Å². The van der Waals surface area contributed by atoms with Gasteiger partial charge in [-0.25, -0.2) is 9.59 Å². The monoisotopic (exact) mass is 748 g/mol. The summed E-state index contributed by atoms with van der Waals surface area (Å²) >= 11 is 0. The van der Waals surface area contributed by atoms with E-state index in [1.54, 1.807) is 111 Å². The molecule has 14 heteroatoms. The average Bonchev–Trinajstić information content (AvgIpc) is 3.16. The molecule has 0 saturated carbocycles. The zero-order chi connectivity index (χ0) is 39.7. The summed E-state index contributed by atoms with van der Waals surface area (Å²) in [5.41, 5.74) is 5.80.